The fourth-order valence-electron chi connectivity index (χ4n) is 5.16. The lowest BCUT2D eigenvalue weighted by Crippen LogP contribution is -2.81. The number of benzene rings is 2. The number of piperazine rings is 1. The maximum absolute atomic E-state index is 13.4. The van der Waals surface area contributed by atoms with Gasteiger partial charge in [-0.1, -0.05) is 24.3 Å². The summed E-state index contributed by atoms with van der Waals surface area (Å²) in [6.45, 7) is 4.46. The van der Waals surface area contributed by atoms with Gasteiger partial charge in [-0.15, -0.1) is 0 Å². The van der Waals surface area contributed by atoms with Crippen LogP contribution in [0, 0.1) is 0 Å². The van der Waals surface area contributed by atoms with Gasteiger partial charge in [0.25, 0.3) is 11.8 Å². The second-order valence-corrected chi connectivity index (χ2v) is 8.92. The first-order valence-electron chi connectivity index (χ1n) is 11.3. The number of likely N-dealkylation sites (tertiary alicyclic amines) is 1. The number of nitrogens with zero attached hydrogens (tertiary/aromatic N) is 3. The molecule has 0 saturated carbocycles. The van der Waals surface area contributed by atoms with Crippen molar-refractivity contribution < 1.29 is 23.8 Å². The third-order valence-corrected chi connectivity index (χ3v) is 6.79. The van der Waals surface area contributed by atoms with Crippen LogP contribution >= 0.6 is 0 Å². The zero-order valence-electron chi connectivity index (χ0n) is 18.8. The number of ether oxygens (including phenoxy) is 3. The minimum atomic E-state index is -0.246. The molecule has 0 aromatic heterocycles. The number of carbonyl (C=O) groups excluding carboxylic acids is 2. The predicted octanol–water partition coefficient (Wildman–Crippen LogP) is 1.51. The molecule has 0 bridgehead atoms. The van der Waals surface area contributed by atoms with Gasteiger partial charge in [-0.2, -0.15) is 0 Å². The molecule has 0 unspecified atom stereocenters. The molecular formula is C25H29N3O5. The molecule has 174 valence electrons. The molecule has 2 aromatic rings. The topological polar surface area (TPSA) is 71.5 Å². The number of methoxy groups -OCH3 is 1. The monoisotopic (exact) mass is 451 g/mol. The highest BCUT2D eigenvalue weighted by Gasteiger charge is 2.56. The third kappa shape index (κ3) is 4.28. The lowest BCUT2D eigenvalue weighted by atomic mass is 9.82. The standard InChI is InChI=1S/C25H29N3O5/c1-31-22-9-5-6-19(12-22)24(30)26-13-20-14-32-11-10-28(20)25(16-26)17-27(18-25)23(29)15-33-21-7-3-2-4-8-21/h2-9,12,20H,10-11,13-18H2,1H3/t20-/m1/s1. The number of rotatable bonds is 5. The molecule has 1 atom stereocenters. The van der Waals surface area contributed by atoms with Crippen molar-refractivity contribution in [1.82, 2.24) is 14.7 Å². The Morgan fingerprint density at radius 2 is 1.79 bits per heavy atom. The largest absolute Gasteiger partial charge is 0.497 e. The van der Waals surface area contributed by atoms with Gasteiger partial charge in [0.2, 0.25) is 0 Å². The Bertz CT molecular complexity index is 1010. The van der Waals surface area contributed by atoms with Crippen LogP contribution in [0.1, 0.15) is 10.4 Å². The van der Waals surface area contributed by atoms with E-state index in [4.69, 9.17) is 14.2 Å². The second kappa shape index (κ2) is 9.03. The van der Waals surface area contributed by atoms with Crippen LogP contribution in [0.3, 0.4) is 0 Å². The van der Waals surface area contributed by atoms with Crippen LogP contribution in [0.2, 0.25) is 0 Å². The van der Waals surface area contributed by atoms with Crippen LogP contribution in [-0.4, -0.2) is 97.7 Å². The minimum Gasteiger partial charge on any atom is -0.497 e. The van der Waals surface area contributed by atoms with Gasteiger partial charge < -0.3 is 24.0 Å². The van der Waals surface area contributed by atoms with Gasteiger partial charge in [-0.3, -0.25) is 14.5 Å². The van der Waals surface area contributed by atoms with Crippen LogP contribution in [-0.2, 0) is 9.53 Å². The van der Waals surface area contributed by atoms with Gasteiger partial charge in [0.05, 0.1) is 31.9 Å². The number of para-hydroxylation sites is 1. The number of hydrogen-bond acceptors (Lipinski definition) is 6. The van der Waals surface area contributed by atoms with E-state index < -0.39 is 0 Å². The van der Waals surface area contributed by atoms with Crippen LogP contribution < -0.4 is 9.47 Å². The second-order valence-electron chi connectivity index (χ2n) is 8.92. The summed E-state index contributed by atoms with van der Waals surface area (Å²) in [7, 11) is 1.60. The molecule has 33 heavy (non-hydrogen) atoms. The van der Waals surface area contributed by atoms with Gasteiger partial charge in [-0.25, -0.2) is 0 Å². The van der Waals surface area contributed by atoms with Crippen LogP contribution in [0.15, 0.2) is 54.6 Å². The SMILES string of the molecule is COc1cccc(C(=O)N2C[C@@H]3COCCN3C3(CN(C(=O)COc4ccccc4)C3)C2)c1. The van der Waals surface area contributed by atoms with E-state index in [1.54, 1.807) is 13.2 Å². The van der Waals surface area contributed by atoms with Gasteiger partial charge in [0.1, 0.15) is 11.5 Å². The smallest absolute Gasteiger partial charge is 0.260 e. The van der Waals surface area contributed by atoms with Crippen molar-refractivity contribution in [3.8, 4) is 11.5 Å². The average molecular weight is 452 g/mol. The zero-order chi connectivity index (χ0) is 22.8. The Hall–Kier alpha value is -3.10. The highest BCUT2D eigenvalue weighted by Crippen LogP contribution is 2.36. The molecule has 3 aliphatic heterocycles. The third-order valence-electron chi connectivity index (χ3n) is 6.79. The van der Waals surface area contributed by atoms with E-state index >= 15 is 0 Å². The summed E-state index contributed by atoms with van der Waals surface area (Å²) >= 11 is 0. The molecule has 1 spiro atoms. The van der Waals surface area contributed by atoms with Gasteiger partial charge >= 0.3 is 0 Å². The van der Waals surface area contributed by atoms with Crippen molar-refractivity contribution >= 4 is 11.8 Å². The minimum absolute atomic E-state index is 0.0130. The molecule has 8 nitrogen and oxygen atoms in total. The molecule has 2 aromatic carbocycles. The molecule has 3 fully saturated rings. The fourth-order valence-corrected chi connectivity index (χ4v) is 5.16. The molecular weight excluding hydrogens is 422 g/mol. The lowest BCUT2D eigenvalue weighted by Gasteiger charge is -2.63. The van der Waals surface area contributed by atoms with Crippen LogP contribution in [0.25, 0.3) is 0 Å². The van der Waals surface area contributed by atoms with Crippen LogP contribution in [0.4, 0.5) is 0 Å². The number of fused-ring (bicyclic) bond motifs is 2. The van der Waals surface area contributed by atoms with Gasteiger partial charge in [0.15, 0.2) is 6.61 Å². The molecule has 3 saturated heterocycles. The van der Waals surface area contributed by atoms with E-state index in [9.17, 15) is 9.59 Å². The first-order valence-corrected chi connectivity index (χ1v) is 11.3. The van der Waals surface area contributed by atoms with E-state index in [1.165, 1.54) is 0 Å². The molecule has 8 heteroatoms. The average Bonchev–Trinajstić information content (AvgIpc) is 2.85. The Morgan fingerprint density at radius 3 is 2.58 bits per heavy atom. The summed E-state index contributed by atoms with van der Waals surface area (Å²) in [6, 6.07) is 16.7. The maximum Gasteiger partial charge on any atom is 0.260 e. The lowest BCUT2D eigenvalue weighted by molar-refractivity contribution is -0.173. The number of amides is 2. The summed E-state index contributed by atoms with van der Waals surface area (Å²) in [5, 5.41) is 0. The van der Waals surface area contributed by atoms with E-state index in [0.29, 0.717) is 56.5 Å². The summed E-state index contributed by atoms with van der Waals surface area (Å²) in [6.07, 6.45) is 0. The summed E-state index contributed by atoms with van der Waals surface area (Å²) in [5.74, 6) is 1.29. The first kappa shape index (κ1) is 21.7. The summed E-state index contributed by atoms with van der Waals surface area (Å²) in [4.78, 5) is 32.3. The van der Waals surface area contributed by atoms with E-state index in [-0.39, 0.29) is 30.0 Å². The van der Waals surface area contributed by atoms with Crippen molar-refractivity contribution in [3.05, 3.63) is 60.2 Å². The van der Waals surface area contributed by atoms with Gasteiger partial charge in [-0.05, 0) is 30.3 Å². The van der Waals surface area contributed by atoms with Gasteiger partial charge in [0, 0.05) is 38.3 Å². The Labute approximate surface area is 193 Å². The predicted molar refractivity (Wildman–Crippen MR) is 121 cm³/mol. The molecule has 0 aliphatic carbocycles. The summed E-state index contributed by atoms with van der Waals surface area (Å²) in [5.41, 5.74) is 0.363. The van der Waals surface area contributed by atoms with Crippen molar-refractivity contribution in [3.63, 3.8) is 0 Å². The summed E-state index contributed by atoms with van der Waals surface area (Å²) < 4.78 is 16.7. The van der Waals surface area contributed by atoms with Crippen molar-refractivity contribution in [1.29, 1.82) is 0 Å². The maximum atomic E-state index is 13.4. The highest BCUT2D eigenvalue weighted by atomic mass is 16.5. The molecule has 2 amide bonds. The van der Waals surface area contributed by atoms with Crippen molar-refractivity contribution in [2.75, 3.05) is 59.7 Å². The Balaban J connectivity index is 1.28. The number of carbonyl (C=O) groups is 2. The Kier molecular flexibility index (Phi) is 5.95. The first-order chi connectivity index (χ1) is 16.1. The number of morpholine rings is 1. The molecule has 3 aliphatic rings. The van der Waals surface area contributed by atoms with E-state index in [0.717, 1.165) is 6.54 Å². The normalized spacial score (nSPS) is 21.8. The van der Waals surface area contributed by atoms with E-state index in [2.05, 4.69) is 4.90 Å². The molecule has 0 radical (unpaired) electrons. The van der Waals surface area contributed by atoms with E-state index in [1.807, 2.05) is 58.3 Å². The zero-order valence-corrected chi connectivity index (χ0v) is 18.8. The van der Waals surface area contributed by atoms with Crippen molar-refractivity contribution in [2.45, 2.75) is 11.6 Å². The molecule has 0 N–H and O–H groups in total. The fraction of sp³-hybridized carbons (Fsp3) is 0.440. The quantitative estimate of drug-likeness (QED) is 0.687. The number of hydrogen-bond donors (Lipinski definition) is 0. The highest BCUT2D eigenvalue weighted by molar-refractivity contribution is 5.95. The molecule has 5 rings (SSSR count). The van der Waals surface area contributed by atoms with Crippen LogP contribution in [0.5, 0.6) is 11.5 Å². The molecule has 3 heterocycles. The Morgan fingerprint density at radius 1 is 1.03 bits per heavy atom. The van der Waals surface area contributed by atoms with Crippen molar-refractivity contribution in [2.24, 2.45) is 0 Å².